The second-order valence-electron chi connectivity index (χ2n) is 12.7. The van der Waals surface area contributed by atoms with Gasteiger partial charge in [-0.25, -0.2) is 9.97 Å². The number of carbonyl (C=O) groups is 2. The van der Waals surface area contributed by atoms with Crippen LogP contribution in [-0.4, -0.2) is 59.9 Å². The smallest absolute Gasteiger partial charge is 1.00 e. The van der Waals surface area contributed by atoms with Gasteiger partial charge in [0.05, 0.1) is 34.6 Å². The maximum absolute atomic E-state index is 12.1. The standard InChI is InChI=1S/C21H16N4O2.C16H12ClN3O.C5H5NO.Na.H/c26-21-16-11-18(24-17(16)8-10-23-21)15-5-1-3-13-6-7-19(25-20(13)15)27-14-4-2-9-22-12-14;17-14-5-4-9-2-1-3-10(15(9)20-14)13-8-11-12(19-13)6-7-18-16(11)21;7-5-2-1-3-6-4-5;;/h1-7,9,11-12,24H,8,10H2,(H,23,26);1-5,8,19H,6-7H2,(H,18,21);1-4,7H;;/q;;;+1;-1. The van der Waals surface area contributed by atoms with Crippen molar-refractivity contribution in [3.63, 3.8) is 0 Å². The molecule has 0 saturated heterocycles. The normalized spacial score (nSPS) is 12.7. The molecule has 56 heavy (non-hydrogen) atoms. The van der Waals surface area contributed by atoms with Crippen LogP contribution in [0.15, 0.2) is 122 Å². The van der Waals surface area contributed by atoms with Crippen molar-refractivity contribution in [2.24, 2.45) is 0 Å². The van der Waals surface area contributed by atoms with Crippen molar-refractivity contribution < 1.29 is 50.4 Å². The Balaban J connectivity index is 0.000000163. The first kappa shape index (κ1) is 38.2. The van der Waals surface area contributed by atoms with Gasteiger partial charge in [0.25, 0.3) is 11.8 Å². The second kappa shape index (κ2) is 17.2. The molecule has 0 saturated carbocycles. The number of nitrogens with one attached hydrogen (secondary N) is 4. The van der Waals surface area contributed by atoms with Crippen LogP contribution in [0.4, 0.5) is 0 Å². The third kappa shape index (κ3) is 8.43. The molecule has 0 bridgehead atoms. The van der Waals surface area contributed by atoms with Crippen molar-refractivity contribution >= 4 is 45.2 Å². The Morgan fingerprint density at radius 3 is 1.73 bits per heavy atom. The molecule has 14 heteroatoms. The molecule has 0 aliphatic carbocycles. The van der Waals surface area contributed by atoms with E-state index in [0.29, 0.717) is 35.4 Å². The number of rotatable bonds is 4. The van der Waals surface area contributed by atoms with Gasteiger partial charge in [-0.15, -0.1) is 0 Å². The van der Waals surface area contributed by atoms with Crippen LogP contribution in [-0.2, 0) is 12.8 Å². The van der Waals surface area contributed by atoms with E-state index >= 15 is 0 Å². The largest absolute Gasteiger partial charge is 1.00 e. The van der Waals surface area contributed by atoms with E-state index in [-0.39, 0.29) is 48.5 Å². The number of fused-ring (bicyclic) bond motifs is 4. The Hall–Kier alpha value is -6.05. The molecule has 8 heterocycles. The predicted octanol–water partition coefficient (Wildman–Crippen LogP) is 4.78. The second-order valence-corrected chi connectivity index (χ2v) is 13.1. The van der Waals surface area contributed by atoms with Crippen LogP contribution in [0, 0.1) is 0 Å². The monoisotopic (exact) mass is 772 g/mol. The van der Waals surface area contributed by atoms with E-state index in [9.17, 15) is 9.59 Å². The van der Waals surface area contributed by atoms with Crippen molar-refractivity contribution in [1.29, 1.82) is 0 Å². The maximum atomic E-state index is 12.1. The zero-order chi connectivity index (χ0) is 37.7. The summed E-state index contributed by atoms with van der Waals surface area (Å²) >= 11 is 6.02. The summed E-state index contributed by atoms with van der Waals surface area (Å²) in [7, 11) is 0. The molecule has 0 atom stereocenters. The molecule has 6 aromatic heterocycles. The number of aromatic hydroxyl groups is 1. The Kier molecular flexibility index (Phi) is 11.7. The van der Waals surface area contributed by atoms with E-state index in [1.54, 1.807) is 36.8 Å². The number of hydrogen-bond donors (Lipinski definition) is 5. The Labute approximate surface area is 349 Å². The van der Waals surface area contributed by atoms with Crippen molar-refractivity contribution in [2.75, 3.05) is 13.1 Å². The number of halogens is 1. The molecule has 2 aromatic carbocycles. The molecule has 5 N–H and O–H groups in total. The Bertz CT molecular complexity index is 2680. The molecule has 0 radical (unpaired) electrons. The molecule has 0 spiro atoms. The summed E-state index contributed by atoms with van der Waals surface area (Å²) in [5, 5.41) is 16.8. The van der Waals surface area contributed by atoms with Crippen LogP contribution in [0.5, 0.6) is 17.4 Å². The van der Waals surface area contributed by atoms with E-state index in [4.69, 9.17) is 26.4 Å². The molecule has 8 aromatic rings. The fourth-order valence-corrected chi connectivity index (χ4v) is 6.65. The first-order valence-corrected chi connectivity index (χ1v) is 17.9. The molecule has 10 rings (SSSR count). The summed E-state index contributed by atoms with van der Waals surface area (Å²) in [5.41, 5.74) is 8.70. The summed E-state index contributed by atoms with van der Waals surface area (Å²) in [6, 6.07) is 30.2. The molecule has 0 fully saturated rings. The van der Waals surface area contributed by atoms with E-state index in [1.807, 2.05) is 78.9 Å². The van der Waals surface area contributed by atoms with Gasteiger partial charge in [-0.05, 0) is 54.6 Å². The average Bonchev–Trinajstić information content (AvgIpc) is 3.85. The van der Waals surface area contributed by atoms with Gasteiger partial charge in [-0.3, -0.25) is 19.6 Å². The Morgan fingerprint density at radius 1 is 0.643 bits per heavy atom. The fraction of sp³-hybridized carbons (Fsp3) is 0.0952. The zero-order valence-electron chi connectivity index (χ0n) is 31.2. The van der Waals surface area contributed by atoms with E-state index in [1.165, 1.54) is 6.20 Å². The van der Waals surface area contributed by atoms with Crippen molar-refractivity contribution in [2.45, 2.75) is 12.8 Å². The molecule has 0 unspecified atom stereocenters. The number of para-hydroxylation sites is 2. The number of carbonyl (C=O) groups excluding carboxylic acids is 2. The summed E-state index contributed by atoms with van der Waals surface area (Å²) in [5.74, 6) is 1.28. The third-order valence-electron chi connectivity index (χ3n) is 9.07. The van der Waals surface area contributed by atoms with Gasteiger partial charge in [0.2, 0.25) is 5.88 Å². The van der Waals surface area contributed by atoms with Gasteiger partial charge in [-0.1, -0.05) is 48.0 Å². The van der Waals surface area contributed by atoms with Crippen LogP contribution >= 0.6 is 11.6 Å². The minimum atomic E-state index is -0.0347. The molecule has 2 amide bonds. The maximum Gasteiger partial charge on any atom is 1.00 e. The SMILES string of the molecule is O=C1NCCc2[nH]c(-c3cccc4ccc(Cl)nc34)cc21.O=C1NCCc2[nH]c(-c3cccc4ccc(Oc5cccnc5)nc34)cc21.Oc1cccnc1.[H-].[Na+]. The van der Waals surface area contributed by atoms with Crippen LogP contribution in [0.1, 0.15) is 33.5 Å². The van der Waals surface area contributed by atoms with Gasteiger partial charge >= 0.3 is 29.6 Å². The van der Waals surface area contributed by atoms with Crippen molar-refractivity contribution in [1.82, 2.24) is 40.5 Å². The zero-order valence-corrected chi connectivity index (χ0v) is 33.0. The molecule has 274 valence electrons. The summed E-state index contributed by atoms with van der Waals surface area (Å²) in [6.07, 6.45) is 7.96. The van der Waals surface area contributed by atoms with Crippen molar-refractivity contribution in [3.05, 3.63) is 150 Å². The topological polar surface area (TPSA) is 171 Å². The van der Waals surface area contributed by atoms with Gasteiger partial charge < -0.3 is 31.9 Å². The summed E-state index contributed by atoms with van der Waals surface area (Å²) in [4.78, 5) is 47.5. The van der Waals surface area contributed by atoms with Gasteiger partial charge in [0, 0.05) is 89.1 Å². The molecular formula is C42H34ClN8NaO4. The van der Waals surface area contributed by atoms with Gasteiger partial charge in [0.1, 0.15) is 16.7 Å². The molecular weight excluding hydrogens is 739 g/mol. The number of ether oxygens (including phenoxy) is 1. The minimum Gasteiger partial charge on any atom is -1.00 e. The molecule has 2 aliphatic rings. The Morgan fingerprint density at radius 2 is 1.21 bits per heavy atom. The quantitative estimate of drug-likeness (QED) is 0.126. The molecule has 2 aliphatic heterocycles. The van der Waals surface area contributed by atoms with Crippen LogP contribution in [0.25, 0.3) is 44.3 Å². The van der Waals surface area contributed by atoms with Gasteiger partial charge in [-0.2, -0.15) is 0 Å². The van der Waals surface area contributed by atoms with Crippen LogP contribution in [0.3, 0.4) is 0 Å². The fourth-order valence-electron chi connectivity index (χ4n) is 6.50. The summed E-state index contributed by atoms with van der Waals surface area (Å²) in [6.45, 7) is 1.33. The average molecular weight is 773 g/mol. The number of benzene rings is 2. The van der Waals surface area contributed by atoms with E-state index in [2.05, 4.69) is 35.6 Å². The van der Waals surface area contributed by atoms with E-state index < -0.39 is 0 Å². The summed E-state index contributed by atoms with van der Waals surface area (Å²) < 4.78 is 5.83. The van der Waals surface area contributed by atoms with Crippen LogP contribution < -0.4 is 44.9 Å². The number of aromatic nitrogens is 6. The van der Waals surface area contributed by atoms with Gasteiger partial charge in [0.15, 0.2) is 0 Å². The first-order valence-electron chi connectivity index (χ1n) is 17.5. The first-order chi connectivity index (χ1) is 26.9. The number of hydrogen-bond acceptors (Lipinski definition) is 8. The predicted molar refractivity (Wildman–Crippen MR) is 211 cm³/mol. The van der Waals surface area contributed by atoms with Crippen LogP contribution in [0.2, 0.25) is 5.15 Å². The number of H-pyrrole nitrogens is 2. The number of nitrogens with zero attached hydrogens (tertiary/aromatic N) is 4. The molecule has 12 nitrogen and oxygen atoms in total. The van der Waals surface area contributed by atoms with E-state index in [0.717, 1.165) is 74.1 Å². The number of aromatic amines is 2. The third-order valence-corrected chi connectivity index (χ3v) is 9.28. The van der Waals surface area contributed by atoms with Crippen molar-refractivity contribution in [3.8, 4) is 39.9 Å². The number of amides is 2. The number of pyridine rings is 4. The minimum absolute atomic E-state index is 0.